The maximum Gasteiger partial charge on any atom is 0.224 e. The fourth-order valence-electron chi connectivity index (χ4n) is 1.91. The third kappa shape index (κ3) is 2.82. The lowest BCUT2D eigenvalue weighted by atomic mass is 10.2. The van der Waals surface area contributed by atoms with Gasteiger partial charge in [-0.05, 0) is 30.0 Å². The van der Waals surface area contributed by atoms with Crippen LogP contribution in [0.3, 0.4) is 0 Å². The van der Waals surface area contributed by atoms with Crippen molar-refractivity contribution in [2.45, 2.75) is 12.8 Å². The van der Waals surface area contributed by atoms with E-state index in [0.717, 1.165) is 17.8 Å². The summed E-state index contributed by atoms with van der Waals surface area (Å²) >= 11 is 1.68. The van der Waals surface area contributed by atoms with Crippen LogP contribution in [-0.2, 0) is 11.2 Å². The highest BCUT2D eigenvalue weighted by Gasteiger charge is 2.04. The molecule has 0 aliphatic heterocycles. The average Bonchev–Trinajstić information content (AvgIpc) is 3.07. The lowest BCUT2D eigenvalue weighted by Gasteiger charge is -2.05. The Labute approximate surface area is 114 Å². The van der Waals surface area contributed by atoms with E-state index in [2.05, 4.69) is 16.4 Å². The topological polar surface area (TPSA) is 46.4 Å². The number of rotatable bonds is 4. The Morgan fingerprint density at radius 2 is 2.32 bits per heavy atom. The molecule has 3 heterocycles. The zero-order valence-corrected chi connectivity index (χ0v) is 11.1. The van der Waals surface area contributed by atoms with E-state index in [9.17, 15) is 4.79 Å². The van der Waals surface area contributed by atoms with Gasteiger partial charge >= 0.3 is 0 Å². The molecule has 1 N–H and O–H groups in total. The minimum atomic E-state index is 0.0351. The zero-order chi connectivity index (χ0) is 13.1. The normalized spacial score (nSPS) is 10.7. The maximum atomic E-state index is 11.9. The van der Waals surface area contributed by atoms with Crippen LogP contribution in [-0.4, -0.2) is 15.3 Å². The molecular weight excluding hydrogens is 258 g/mol. The van der Waals surface area contributed by atoms with Gasteiger partial charge in [-0.1, -0.05) is 6.07 Å². The number of thiophene rings is 1. The number of anilines is 1. The van der Waals surface area contributed by atoms with Crippen LogP contribution in [0.1, 0.15) is 11.3 Å². The molecule has 3 rings (SSSR count). The number of carbonyl (C=O) groups is 1. The second-order valence-electron chi connectivity index (χ2n) is 4.24. The van der Waals surface area contributed by atoms with Crippen LogP contribution >= 0.6 is 11.3 Å². The number of imidazole rings is 1. The molecule has 0 saturated heterocycles. The quantitative estimate of drug-likeness (QED) is 0.793. The summed E-state index contributed by atoms with van der Waals surface area (Å²) in [5, 5.41) is 4.93. The molecule has 96 valence electrons. The van der Waals surface area contributed by atoms with Gasteiger partial charge in [-0.2, -0.15) is 0 Å². The number of nitrogens with one attached hydrogen (secondary N) is 1. The summed E-state index contributed by atoms with van der Waals surface area (Å²) < 4.78 is 1.88. The van der Waals surface area contributed by atoms with Crippen molar-refractivity contribution in [2.75, 3.05) is 5.32 Å². The van der Waals surface area contributed by atoms with Crippen molar-refractivity contribution in [1.29, 1.82) is 0 Å². The molecule has 0 aliphatic carbocycles. The SMILES string of the molecule is O=C(CCc1cccs1)Nc1ccc2nccn2c1. The van der Waals surface area contributed by atoms with E-state index in [1.807, 2.05) is 40.4 Å². The summed E-state index contributed by atoms with van der Waals surface area (Å²) in [5.41, 5.74) is 1.67. The molecule has 0 fully saturated rings. The van der Waals surface area contributed by atoms with Gasteiger partial charge in [0.05, 0.1) is 5.69 Å². The number of aromatic nitrogens is 2. The van der Waals surface area contributed by atoms with E-state index in [1.165, 1.54) is 4.88 Å². The van der Waals surface area contributed by atoms with Gasteiger partial charge in [0.2, 0.25) is 5.91 Å². The monoisotopic (exact) mass is 271 g/mol. The van der Waals surface area contributed by atoms with E-state index < -0.39 is 0 Å². The molecule has 3 aromatic rings. The zero-order valence-electron chi connectivity index (χ0n) is 10.2. The number of nitrogens with zero attached hydrogens (tertiary/aromatic N) is 2. The second-order valence-corrected chi connectivity index (χ2v) is 5.27. The number of hydrogen-bond donors (Lipinski definition) is 1. The second kappa shape index (κ2) is 5.24. The van der Waals surface area contributed by atoms with Crippen molar-refractivity contribution in [3.05, 3.63) is 53.1 Å². The Bertz CT molecular complexity index is 688. The summed E-state index contributed by atoms with van der Waals surface area (Å²) in [5.74, 6) is 0.0351. The molecule has 4 nitrogen and oxygen atoms in total. The predicted molar refractivity (Wildman–Crippen MR) is 76.5 cm³/mol. The van der Waals surface area contributed by atoms with Gasteiger partial charge in [0.25, 0.3) is 0 Å². The van der Waals surface area contributed by atoms with Crippen LogP contribution in [0.5, 0.6) is 0 Å². The number of fused-ring (bicyclic) bond motifs is 1. The van der Waals surface area contributed by atoms with Crippen LogP contribution in [0.15, 0.2) is 48.2 Å². The Balaban J connectivity index is 1.62. The van der Waals surface area contributed by atoms with Gasteiger partial charge in [0.1, 0.15) is 5.65 Å². The smallest absolute Gasteiger partial charge is 0.224 e. The molecule has 3 aromatic heterocycles. The molecule has 0 bridgehead atoms. The van der Waals surface area contributed by atoms with Gasteiger partial charge in [0.15, 0.2) is 0 Å². The summed E-state index contributed by atoms with van der Waals surface area (Å²) in [7, 11) is 0. The van der Waals surface area contributed by atoms with Crippen molar-refractivity contribution < 1.29 is 4.79 Å². The first-order valence-electron chi connectivity index (χ1n) is 6.06. The maximum absolute atomic E-state index is 11.9. The minimum absolute atomic E-state index is 0.0351. The van der Waals surface area contributed by atoms with Crippen molar-refractivity contribution in [3.63, 3.8) is 0 Å². The molecule has 0 spiro atoms. The molecule has 0 unspecified atom stereocenters. The van der Waals surface area contributed by atoms with E-state index in [4.69, 9.17) is 0 Å². The largest absolute Gasteiger partial charge is 0.325 e. The lowest BCUT2D eigenvalue weighted by molar-refractivity contribution is -0.116. The number of amides is 1. The van der Waals surface area contributed by atoms with Crippen LogP contribution in [0.25, 0.3) is 5.65 Å². The third-order valence-corrected chi connectivity index (χ3v) is 3.79. The molecule has 0 atom stereocenters. The average molecular weight is 271 g/mol. The number of pyridine rings is 1. The molecule has 0 aliphatic rings. The summed E-state index contributed by atoms with van der Waals surface area (Å²) in [6.45, 7) is 0. The molecule has 5 heteroatoms. The first kappa shape index (κ1) is 11.9. The molecule has 0 saturated carbocycles. The molecule has 19 heavy (non-hydrogen) atoms. The molecular formula is C14H13N3OS. The highest BCUT2D eigenvalue weighted by Crippen LogP contribution is 2.13. The Morgan fingerprint density at radius 3 is 3.16 bits per heavy atom. The minimum Gasteiger partial charge on any atom is -0.325 e. The third-order valence-electron chi connectivity index (χ3n) is 2.85. The predicted octanol–water partition coefficient (Wildman–Crippen LogP) is 2.97. The van der Waals surface area contributed by atoms with Gasteiger partial charge in [-0.15, -0.1) is 11.3 Å². The van der Waals surface area contributed by atoms with E-state index in [-0.39, 0.29) is 5.91 Å². The van der Waals surface area contributed by atoms with E-state index >= 15 is 0 Å². The molecule has 1 amide bonds. The summed E-state index contributed by atoms with van der Waals surface area (Å²) in [6, 6.07) is 7.81. The van der Waals surface area contributed by atoms with Crippen LogP contribution < -0.4 is 5.32 Å². The number of hydrogen-bond acceptors (Lipinski definition) is 3. The van der Waals surface area contributed by atoms with Crippen LogP contribution in [0.2, 0.25) is 0 Å². The fourth-order valence-corrected chi connectivity index (χ4v) is 2.62. The van der Waals surface area contributed by atoms with Crippen molar-refractivity contribution in [2.24, 2.45) is 0 Å². The van der Waals surface area contributed by atoms with E-state index in [1.54, 1.807) is 17.5 Å². The van der Waals surface area contributed by atoms with Crippen LogP contribution in [0, 0.1) is 0 Å². The lowest BCUT2D eigenvalue weighted by Crippen LogP contribution is -2.12. The summed E-state index contributed by atoms with van der Waals surface area (Å²) in [4.78, 5) is 17.2. The molecule has 0 aromatic carbocycles. The van der Waals surface area contributed by atoms with Crippen molar-refractivity contribution >= 4 is 28.6 Å². The standard InChI is InChI=1S/C14H13N3OS/c18-14(6-4-12-2-1-9-19-12)16-11-3-5-13-15-7-8-17(13)10-11/h1-3,5,7-10H,4,6H2,(H,16,18). The van der Waals surface area contributed by atoms with Gasteiger partial charge in [-0.3, -0.25) is 4.79 Å². The Kier molecular flexibility index (Phi) is 3.29. The Hall–Kier alpha value is -2.14. The first-order valence-corrected chi connectivity index (χ1v) is 6.94. The van der Waals surface area contributed by atoms with Crippen molar-refractivity contribution in [1.82, 2.24) is 9.38 Å². The first-order chi connectivity index (χ1) is 9.31. The van der Waals surface area contributed by atoms with Crippen LogP contribution in [0.4, 0.5) is 5.69 Å². The number of carbonyl (C=O) groups excluding carboxylic acids is 1. The van der Waals surface area contributed by atoms with Gasteiger partial charge < -0.3 is 9.72 Å². The van der Waals surface area contributed by atoms with E-state index in [0.29, 0.717) is 6.42 Å². The van der Waals surface area contributed by atoms with Crippen molar-refractivity contribution in [3.8, 4) is 0 Å². The molecule has 0 radical (unpaired) electrons. The fraction of sp³-hybridized carbons (Fsp3) is 0.143. The highest BCUT2D eigenvalue weighted by atomic mass is 32.1. The highest BCUT2D eigenvalue weighted by molar-refractivity contribution is 7.09. The summed E-state index contributed by atoms with van der Waals surface area (Å²) in [6.07, 6.45) is 6.75. The Morgan fingerprint density at radius 1 is 1.37 bits per heavy atom. The number of aryl methyl sites for hydroxylation is 1. The van der Waals surface area contributed by atoms with Gasteiger partial charge in [-0.25, -0.2) is 4.98 Å². The van der Waals surface area contributed by atoms with Gasteiger partial charge in [0, 0.05) is 29.9 Å².